The van der Waals surface area contributed by atoms with Crippen LogP contribution in [-0.4, -0.2) is 5.91 Å². The van der Waals surface area contributed by atoms with Crippen molar-refractivity contribution in [1.29, 1.82) is 0 Å². The van der Waals surface area contributed by atoms with Gasteiger partial charge in [0.05, 0.1) is 5.56 Å². The van der Waals surface area contributed by atoms with Gasteiger partial charge in [0.15, 0.2) is 0 Å². The quantitative estimate of drug-likeness (QED) is 0.600. The molecule has 1 aromatic rings. The summed E-state index contributed by atoms with van der Waals surface area (Å²) in [6.07, 6.45) is 1.34. The fourth-order valence-corrected chi connectivity index (χ4v) is 0.573. The minimum atomic E-state index is -0.452. The highest BCUT2D eigenvalue weighted by Gasteiger charge is 2.01. The molecule has 2 N–H and O–H groups in total. The lowest BCUT2D eigenvalue weighted by Crippen LogP contribution is -2.08. The summed E-state index contributed by atoms with van der Waals surface area (Å²) in [5, 5.41) is 0. The molecular weight excluding hydrogens is 118 g/mol. The Hall–Kier alpha value is -1.25. The monoisotopic (exact) mass is 125 g/mol. The fourth-order valence-electron chi connectivity index (χ4n) is 0.573. The van der Waals surface area contributed by atoms with Gasteiger partial charge in [-0.05, 0) is 13.0 Å². The molecule has 0 aliphatic heterocycles. The van der Waals surface area contributed by atoms with E-state index in [4.69, 9.17) is 10.2 Å². The molecule has 0 radical (unpaired) electrons. The molecule has 0 saturated heterocycles. The van der Waals surface area contributed by atoms with Crippen LogP contribution < -0.4 is 5.73 Å². The molecule has 0 aliphatic rings. The van der Waals surface area contributed by atoms with Crippen molar-refractivity contribution in [3.05, 3.63) is 23.7 Å². The maximum atomic E-state index is 10.4. The zero-order valence-corrected chi connectivity index (χ0v) is 5.05. The summed E-state index contributed by atoms with van der Waals surface area (Å²) in [5.41, 5.74) is 5.35. The molecular formula is C6H7NO2. The highest BCUT2D eigenvalue weighted by molar-refractivity contribution is 5.92. The van der Waals surface area contributed by atoms with Gasteiger partial charge in [-0.1, -0.05) is 0 Å². The SMILES string of the molecule is Cc1cc(C(N)=O)co1. The molecule has 1 aromatic heterocycles. The van der Waals surface area contributed by atoms with Crippen LogP contribution in [0.4, 0.5) is 0 Å². The average Bonchev–Trinajstić information content (AvgIpc) is 2.14. The third-order valence-corrected chi connectivity index (χ3v) is 1.02. The van der Waals surface area contributed by atoms with Crippen molar-refractivity contribution < 1.29 is 9.21 Å². The number of nitrogens with two attached hydrogens (primary N) is 1. The van der Waals surface area contributed by atoms with E-state index in [-0.39, 0.29) is 0 Å². The summed E-state index contributed by atoms with van der Waals surface area (Å²) in [6, 6.07) is 1.60. The summed E-state index contributed by atoms with van der Waals surface area (Å²) >= 11 is 0. The third kappa shape index (κ3) is 1.10. The Balaban J connectivity index is 2.98. The Kier molecular flexibility index (Phi) is 1.26. The van der Waals surface area contributed by atoms with E-state index in [0.29, 0.717) is 11.3 Å². The highest BCUT2D eigenvalue weighted by Crippen LogP contribution is 2.03. The second kappa shape index (κ2) is 1.93. The van der Waals surface area contributed by atoms with Gasteiger partial charge in [-0.2, -0.15) is 0 Å². The first-order valence-electron chi connectivity index (χ1n) is 2.55. The predicted molar refractivity (Wildman–Crippen MR) is 32.0 cm³/mol. The molecule has 3 nitrogen and oxygen atoms in total. The van der Waals surface area contributed by atoms with Gasteiger partial charge in [-0.25, -0.2) is 0 Å². The van der Waals surface area contributed by atoms with E-state index < -0.39 is 5.91 Å². The lowest BCUT2D eigenvalue weighted by Gasteiger charge is -1.79. The fraction of sp³-hybridized carbons (Fsp3) is 0.167. The van der Waals surface area contributed by atoms with Crippen molar-refractivity contribution in [3.8, 4) is 0 Å². The number of furan rings is 1. The zero-order valence-electron chi connectivity index (χ0n) is 5.05. The largest absolute Gasteiger partial charge is 0.469 e. The minimum absolute atomic E-state index is 0.424. The maximum absolute atomic E-state index is 10.4. The van der Waals surface area contributed by atoms with Crippen LogP contribution in [0.25, 0.3) is 0 Å². The summed E-state index contributed by atoms with van der Waals surface area (Å²) in [6.45, 7) is 1.76. The first kappa shape index (κ1) is 5.88. The van der Waals surface area contributed by atoms with E-state index in [1.54, 1.807) is 13.0 Å². The van der Waals surface area contributed by atoms with Crippen LogP contribution in [0.5, 0.6) is 0 Å². The van der Waals surface area contributed by atoms with Crippen LogP contribution in [0.15, 0.2) is 16.7 Å². The Morgan fingerprint density at radius 3 is 2.67 bits per heavy atom. The van der Waals surface area contributed by atoms with Gasteiger partial charge in [-0.3, -0.25) is 4.79 Å². The zero-order chi connectivity index (χ0) is 6.85. The first-order chi connectivity index (χ1) is 4.20. The predicted octanol–water partition coefficient (Wildman–Crippen LogP) is 0.687. The van der Waals surface area contributed by atoms with Crippen LogP contribution in [0.1, 0.15) is 16.1 Å². The van der Waals surface area contributed by atoms with Crippen molar-refractivity contribution in [3.63, 3.8) is 0 Å². The molecule has 0 atom stereocenters. The molecule has 0 fully saturated rings. The van der Waals surface area contributed by atoms with Crippen molar-refractivity contribution in [1.82, 2.24) is 0 Å². The molecule has 48 valence electrons. The van der Waals surface area contributed by atoms with Crippen molar-refractivity contribution in [2.24, 2.45) is 5.73 Å². The molecule has 0 unspecified atom stereocenters. The number of rotatable bonds is 1. The minimum Gasteiger partial charge on any atom is -0.469 e. The molecule has 1 rings (SSSR count). The Bertz CT molecular complexity index is 227. The van der Waals surface area contributed by atoms with E-state index in [0.717, 1.165) is 0 Å². The van der Waals surface area contributed by atoms with E-state index in [1.165, 1.54) is 6.26 Å². The highest BCUT2D eigenvalue weighted by atomic mass is 16.3. The summed E-state index contributed by atoms with van der Waals surface area (Å²) in [7, 11) is 0. The standard InChI is InChI=1S/C6H7NO2/c1-4-2-5(3-9-4)6(7)8/h2-3H,1H3,(H2,7,8). The third-order valence-electron chi connectivity index (χ3n) is 1.02. The molecule has 0 aromatic carbocycles. The van der Waals surface area contributed by atoms with Gasteiger partial charge >= 0.3 is 0 Å². The van der Waals surface area contributed by atoms with E-state index in [1.807, 2.05) is 0 Å². The van der Waals surface area contributed by atoms with Gasteiger partial charge in [0.25, 0.3) is 5.91 Å². The molecule has 0 aliphatic carbocycles. The lowest BCUT2D eigenvalue weighted by molar-refractivity contribution is 0.0999. The number of primary amides is 1. The summed E-state index contributed by atoms with van der Waals surface area (Å²) < 4.78 is 4.82. The first-order valence-corrected chi connectivity index (χ1v) is 2.55. The molecule has 3 heteroatoms. The van der Waals surface area contributed by atoms with Crippen LogP contribution in [-0.2, 0) is 0 Å². The molecule has 1 heterocycles. The van der Waals surface area contributed by atoms with Gasteiger partial charge < -0.3 is 10.2 Å². The number of hydrogen-bond donors (Lipinski definition) is 1. The van der Waals surface area contributed by atoms with Gasteiger partial charge in [0.1, 0.15) is 12.0 Å². The van der Waals surface area contributed by atoms with Crippen LogP contribution in [0.2, 0.25) is 0 Å². The Morgan fingerprint density at radius 2 is 2.44 bits per heavy atom. The number of aryl methyl sites for hydroxylation is 1. The molecule has 1 amide bonds. The normalized spacial score (nSPS) is 9.44. The van der Waals surface area contributed by atoms with E-state index in [2.05, 4.69) is 0 Å². The maximum Gasteiger partial charge on any atom is 0.251 e. The van der Waals surface area contributed by atoms with Crippen LogP contribution >= 0.6 is 0 Å². The summed E-state index contributed by atoms with van der Waals surface area (Å²) in [4.78, 5) is 10.4. The average molecular weight is 125 g/mol. The van der Waals surface area contributed by atoms with Gasteiger partial charge in [0, 0.05) is 0 Å². The van der Waals surface area contributed by atoms with Crippen LogP contribution in [0.3, 0.4) is 0 Å². The Labute approximate surface area is 52.5 Å². The number of carbonyl (C=O) groups is 1. The molecule has 0 bridgehead atoms. The lowest BCUT2D eigenvalue weighted by atomic mass is 10.3. The topological polar surface area (TPSA) is 56.2 Å². The number of hydrogen-bond acceptors (Lipinski definition) is 2. The second-order valence-corrected chi connectivity index (χ2v) is 1.81. The van der Waals surface area contributed by atoms with Gasteiger partial charge in [0.2, 0.25) is 0 Å². The van der Waals surface area contributed by atoms with E-state index in [9.17, 15) is 4.79 Å². The van der Waals surface area contributed by atoms with Crippen molar-refractivity contribution in [2.45, 2.75) is 6.92 Å². The Morgan fingerprint density at radius 1 is 1.78 bits per heavy atom. The second-order valence-electron chi connectivity index (χ2n) is 1.81. The number of carbonyl (C=O) groups excluding carboxylic acids is 1. The van der Waals surface area contributed by atoms with Crippen molar-refractivity contribution in [2.75, 3.05) is 0 Å². The van der Waals surface area contributed by atoms with Gasteiger partial charge in [-0.15, -0.1) is 0 Å². The van der Waals surface area contributed by atoms with E-state index >= 15 is 0 Å². The van der Waals surface area contributed by atoms with Crippen LogP contribution in [0, 0.1) is 6.92 Å². The molecule has 9 heavy (non-hydrogen) atoms. The molecule has 0 spiro atoms. The molecule has 0 saturated carbocycles. The smallest absolute Gasteiger partial charge is 0.251 e. The van der Waals surface area contributed by atoms with Crippen molar-refractivity contribution >= 4 is 5.91 Å². The number of amides is 1. The summed E-state index contributed by atoms with van der Waals surface area (Å²) in [5.74, 6) is 0.246.